The van der Waals surface area contributed by atoms with E-state index in [0.717, 1.165) is 12.1 Å². The number of ketones is 1. The van der Waals surface area contributed by atoms with E-state index in [-0.39, 0.29) is 23.4 Å². The van der Waals surface area contributed by atoms with Crippen LogP contribution < -0.4 is 5.32 Å². The van der Waals surface area contributed by atoms with E-state index in [2.05, 4.69) is 0 Å². The number of hydrogen-bond donors (Lipinski definition) is 1. The fourth-order valence-corrected chi connectivity index (χ4v) is 1.66. The van der Waals surface area contributed by atoms with Crippen LogP contribution in [0.2, 0.25) is 0 Å². The van der Waals surface area contributed by atoms with Crippen LogP contribution in [-0.4, -0.2) is 18.4 Å². The number of halogens is 2. The molecule has 0 fully saturated rings. The monoisotopic (exact) mass is 254 g/mol. The highest BCUT2D eigenvalue weighted by Gasteiger charge is 2.31. The van der Waals surface area contributed by atoms with Gasteiger partial charge in [-0.05, 0) is 13.0 Å². The molecule has 1 aliphatic heterocycles. The van der Waals surface area contributed by atoms with Crippen molar-refractivity contribution in [2.45, 2.75) is 6.92 Å². The molecule has 94 valence electrons. The van der Waals surface area contributed by atoms with Gasteiger partial charge >= 0.3 is 5.97 Å². The minimum absolute atomic E-state index is 0.0422. The number of carbonyl (C=O) groups excluding carboxylic acids is 2. The molecule has 0 unspecified atom stereocenters. The number of esters is 1. The van der Waals surface area contributed by atoms with Crippen molar-refractivity contribution in [3.8, 4) is 0 Å². The van der Waals surface area contributed by atoms with Gasteiger partial charge in [0.1, 0.15) is 11.9 Å². The second kappa shape index (κ2) is 4.66. The van der Waals surface area contributed by atoms with Gasteiger partial charge < -0.3 is 4.74 Å². The Labute approximate surface area is 101 Å². The molecular formula is C12H10F2NO3+. The minimum atomic E-state index is -1.12. The molecule has 0 aliphatic carbocycles. The van der Waals surface area contributed by atoms with Crippen LogP contribution in [0.3, 0.4) is 0 Å². The molecule has 4 nitrogen and oxygen atoms in total. The zero-order valence-electron chi connectivity index (χ0n) is 9.50. The summed E-state index contributed by atoms with van der Waals surface area (Å²) >= 11 is 0. The summed E-state index contributed by atoms with van der Waals surface area (Å²) in [4.78, 5) is 23.4. The second-order valence-corrected chi connectivity index (χ2v) is 3.65. The van der Waals surface area contributed by atoms with Gasteiger partial charge in [0.25, 0.3) is 0 Å². The molecule has 2 N–H and O–H groups in total. The Morgan fingerprint density at radius 1 is 1.33 bits per heavy atom. The Morgan fingerprint density at radius 2 is 2.00 bits per heavy atom. The molecule has 18 heavy (non-hydrogen) atoms. The van der Waals surface area contributed by atoms with E-state index < -0.39 is 23.4 Å². The highest BCUT2D eigenvalue weighted by molar-refractivity contribution is 6.25. The topological polar surface area (TPSA) is 60.0 Å². The molecule has 1 aromatic rings. The maximum atomic E-state index is 13.1. The Morgan fingerprint density at radius 3 is 2.67 bits per heavy atom. The summed E-state index contributed by atoms with van der Waals surface area (Å²) in [6, 6.07) is 1.71. The van der Waals surface area contributed by atoms with Crippen LogP contribution in [0.1, 0.15) is 17.3 Å². The first-order valence-corrected chi connectivity index (χ1v) is 5.30. The number of nitrogens with two attached hydrogens (primary N) is 1. The Bertz CT molecular complexity index is 567. The molecule has 1 heterocycles. The molecule has 0 bridgehead atoms. The highest BCUT2D eigenvalue weighted by atomic mass is 19.2. The molecular weight excluding hydrogens is 244 g/mol. The lowest BCUT2D eigenvalue weighted by molar-refractivity contribution is -0.498. The average Bonchev–Trinajstić information content (AvgIpc) is 2.32. The van der Waals surface area contributed by atoms with Gasteiger partial charge in [-0.15, -0.1) is 0 Å². The van der Waals surface area contributed by atoms with Crippen molar-refractivity contribution in [1.29, 1.82) is 0 Å². The number of carbonyl (C=O) groups is 2. The largest absolute Gasteiger partial charge is 0.462 e. The predicted molar refractivity (Wildman–Crippen MR) is 57.0 cm³/mol. The summed E-state index contributed by atoms with van der Waals surface area (Å²) in [6.45, 7) is 1.74. The summed E-state index contributed by atoms with van der Waals surface area (Å²) in [6.07, 6.45) is 1.25. The van der Waals surface area contributed by atoms with E-state index in [9.17, 15) is 18.4 Å². The van der Waals surface area contributed by atoms with Crippen molar-refractivity contribution in [2.24, 2.45) is 0 Å². The summed E-state index contributed by atoms with van der Waals surface area (Å²) in [5, 5.41) is 1.38. The quantitative estimate of drug-likeness (QED) is 0.482. The van der Waals surface area contributed by atoms with Gasteiger partial charge in [-0.2, -0.15) is 0 Å². The van der Waals surface area contributed by atoms with E-state index in [4.69, 9.17) is 4.74 Å². The number of ether oxygens (including phenoxy) is 1. The third-order valence-corrected chi connectivity index (χ3v) is 2.51. The third kappa shape index (κ3) is 2.02. The average molecular weight is 254 g/mol. The standard InChI is InChI=1S/C12H9F2NO3/c1-2-18-12(17)7-5-15-10-4-9(14)8(13)3-6(10)11(7)16/h3-5H,2H2,1H3,(H,15,16)/p+1. The van der Waals surface area contributed by atoms with Gasteiger partial charge in [0.05, 0.1) is 12.2 Å². The zero-order chi connectivity index (χ0) is 13.3. The second-order valence-electron chi connectivity index (χ2n) is 3.65. The first-order valence-electron chi connectivity index (χ1n) is 5.30. The summed E-state index contributed by atoms with van der Waals surface area (Å²) in [5.41, 5.74) is 0.0155. The van der Waals surface area contributed by atoms with E-state index in [1.54, 1.807) is 6.92 Å². The summed E-state index contributed by atoms with van der Waals surface area (Å²) in [5.74, 6) is -3.59. The molecule has 1 aliphatic rings. The number of fused-ring (bicyclic) bond motifs is 1. The maximum Gasteiger partial charge on any atom is 0.347 e. The molecule has 0 spiro atoms. The molecule has 2 rings (SSSR count). The number of benzene rings is 1. The maximum absolute atomic E-state index is 13.1. The van der Waals surface area contributed by atoms with Crippen LogP contribution in [-0.2, 0) is 9.53 Å². The lowest BCUT2D eigenvalue weighted by Crippen LogP contribution is -2.73. The van der Waals surface area contributed by atoms with Gasteiger partial charge in [0.15, 0.2) is 17.2 Å². The Hall–Kier alpha value is -2.08. The van der Waals surface area contributed by atoms with Gasteiger partial charge in [0, 0.05) is 6.07 Å². The Balaban J connectivity index is 2.39. The van der Waals surface area contributed by atoms with E-state index in [1.165, 1.54) is 11.5 Å². The van der Waals surface area contributed by atoms with Crippen molar-refractivity contribution in [1.82, 2.24) is 0 Å². The fourth-order valence-electron chi connectivity index (χ4n) is 1.66. The highest BCUT2D eigenvalue weighted by Crippen LogP contribution is 2.22. The number of quaternary nitrogens is 1. The van der Waals surface area contributed by atoms with Crippen LogP contribution >= 0.6 is 0 Å². The molecule has 0 atom stereocenters. The lowest BCUT2D eigenvalue weighted by Gasteiger charge is -2.12. The van der Waals surface area contributed by atoms with Crippen LogP contribution in [0.15, 0.2) is 23.9 Å². The number of Topliss-reactive ketones (excluding diaryl/α,β-unsaturated/α-hetero) is 1. The van der Waals surface area contributed by atoms with Crippen molar-refractivity contribution in [3.63, 3.8) is 0 Å². The van der Waals surface area contributed by atoms with E-state index in [0.29, 0.717) is 0 Å². The first-order chi connectivity index (χ1) is 8.54. The third-order valence-electron chi connectivity index (χ3n) is 2.51. The number of rotatable bonds is 2. The fraction of sp³-hybridized carbons (Fsp3) is 0.167. The van der Waals surface area contributed by atoms with Crippen molar-refractivity contribution < 1.29 is 28.4 Å². The lowest BCUT2D eigenvalue weighted by atomic mass is 9.99. The van der Waals surface area contributed by atoms with Crippen LogP contribution in [0, 0.1) is 11.6 Å². The normalized spacial score (nSPS) is 13.9. The Kier molecular flexibility index (Phi) is 3.20. The van der Waals surface area contributed by atoms with Crippen LogP contribution in [0.25, 0.3) is 0 Å². The molecule has 6 heteroatoms. The van der Waals surface area contributed by atoms with Gasteiger partial charge in [-0.1, -0.05) is 0 Å². The summed E-state index contributed by atoms with van der Waals surface area (Å²) < 4.78 is 30.8. The van der Waals surface area contributed by atoms with Gasteiger partial charge in [-0.25, -0.2) is 13.6 Å². The molecule has 1 aromatic carbocycles. The molecule has 0 amide bonds. The first kappa shape index (κ1) is 12.4. The van der Waals surface area contributed by atoms with Gasteiger partial charge in [0.2, 0.25) is 5.78 Å². The summed E-state index contributed by atoms with van der Waals surface area (Å²) in [7, 11) is 0. The van der Waals surface area contributed by atoms with Crippen molar-refractivity contribution in [3.05, 3.63) is 41.1 Å². The van der Waals surface area contributed by atoms with Crippen molar-refractivity contribution >= 4 is 17.4 Å². The van der Waals surface area contributed by atoms with E-state index in [1.807, 2.05) is 0 Å². The zero-order valence-corrected chi connectivity index (χ0v) is 9.50. The molecule has 0 aromatic heterocycles. The SMILES string of the molecule is CCOC(=O)C1=C[NH2+]c2cc(F)c(F)cc2C1=O. The van der Waals surface area contributed by atoms with Crippen LogP contribution in [0.4, 0.5) is 14.5 Å². The number of hydrogen-bond acceptors (Lipinski definition) is 3. The van der Waals surface area contributed by atoms with Crippen LogP contribution in [0.5, 0.6) is 0 Å². The smallest absolute Gasteiger partial charge is 0.347 e. The molecule has 0 radical (unpaired) electrons. The minimum Gasteiger partial charge on any atom is -0.462 e. The van der Waals surface area contributed by atoms with Crippen molar-refractivity contribution in [2.75, 3.05) is 6.61 Å². The predicted octanol–water partition coefficient (Wildman–Crippen LogP) is 0.803. The molecule has 0 saturated carbocycles. The van der Waals surface area contributed by atoms with E-state index >= 15 is 0 Å². The van der Waals surface area contributed by atoms with Gasteiger partial charge in [-0.3, -0.25) is 10.1 Å². The molecule has 0 saturated heterocycles.